The van der Waals surface area contributed by atoms with E-state index in [9.17, 15) is 18.0 Å². The molecule has 0 spiro atoms. The molecule has 24 heavy (non-hydrogen) atoms. The van der Waals surface area contributed by atoms with Crippen molar-refractivity contribution in [2.24, 2.45) is 5.73 Å². The van der Waals surface area contributed by atoms with E-state index in [2.05, 4.69) is 10.4 Å². The van der Waals surface area contributed by atoms with Gasteiger partial charge in [0.2, 0.25) is 0 Å². The van der Waals surface area contributed by atoms with E-state index >= 15 is 0 Å². The van der Waals surface area contributed by atoms with Gasteiger partial charge in [-0.25, -0.2) is 4.68 Å². The fraction of sp³-hybridized carbons (Fsp3) is 0.286. The van der Waals surface area contributed by atoms with Gasteiger partial charge in [-0.2, -0.15) is 18.3 Å². The summed E-state index contributed by atoms with van der Waals surface area (Å²) >= 11 is 5.73. The van der Waals surface area contributed by atoms with Crippen LogP contribution in [0.5, 0.6) is 0 Å². The van der Waals surface area contributed by atoms with E-state index in [0.717, 1.165) is 6.20 Å². The van der Waals surface area contributed by atoms with Crippen LogP contribution in [0, 0.1) is 0 Å². The summed E-state index contributed by atoms with van der Waals surface area (Å²) in [6, 6.07) is 5.67. The number of carbonyl (C=O) groups excluding carboxylic acids is 1. The molecule has 2 aromatic rings. The van der Waals surface area contributed by atoms with Crippen molar-refractivity contribution in [2.75, 3.05) is 13.1 Å². The summed E-state index contributed by atoms with van der Waals surface area (Å²) < 4.78 is 40.8. The molecule has 5 nitrogen and oxygen atoms in total. The van der Waals surface area contributed by atoms with Crippen molar-refractivity contribution in [3.05, 3.63) is 46.7 Å². The first-order valence-corrected chi connectivity index (χ1v) is 7.12. The summed E-state index contributed by atoms with van der Waals surface area (Å²) in [6.45, 7) is 0.523. The lowest BCUT2D eigenvalue weighted by Gasteiger charge is -2.13. The maximum absolute atomic E-state index is 13.4. The first-order chi connectivity index (χ1) is 10.8. The Balaban J connectivity index is 0.00000288. The molecule has 0 fully saturated rings. The number of amides is 1. The second-order valence-electron chi connectivity index (χ2n) is 4.69. The summed E-state index contributed by atoms with van der Waals surface area (Å²) in [6.07, 6.45) is -3.37. The van der Waals surface area contributed by atoms with Crippen molar-refractivity contribution >= 4 is 29.9 Å². The number of hydrogen-bond donors (Lipinski definition) is 2. The molecule has 10 heteroatoms. The molecule has 0 aliphatic rings. The zero-order chi connectivity index (χ0) is 17.0. The highest BCUT2D eigenvalue weighted by Gasteiger charge is 2.40. The third-order valence-electron chi connectivity index (χ3n) is 3.02. The normalized spacial score (nSPS) is 11.0. The molecular formula is C14H15Cl2F3N4O. The number of benzene rings is 1. The number of nitrogens with one attached hydrogen (secondary N) is 1. The quantitative estimate of drug-likeness (QED) is 0.780. The van der Waals surface area contributed by atoms with Crippen molar-refractivity contribution in [1.29, 1.82) is 0 Å². The highest BCUT2D eigenvalue weighted by Crippen LogP contribution is 2.33. The van der Waals surface area contributed by atoms with E-state index in [-0.39, 0.29) is 24.6 Å². The largest absolute Gasteiger partial charge is 0.434 e. The Bertz CT molecular complexity index is 686. The Hall–Kier alpha value is -1.77. The lowest BCUT2D eigenvalue weighted by Crippen LogP contribution is -2.28. The molecular weight excluding hydrogens is 368 g/mol. The van der Waals surface area contributed by atoms with Crippen LogP contribution in [0.1, 0.15) is 22.5 Å². The van der Waals surface area contributed by atoms with Gasteiger partial charge in [0, 0.05) is 11.6 Å². The molecule has 0 bridgehead atoms. The second-order valence-corrected chi connectivity index (χ2v) is 5.13. The van der Waals surface area contributed by atoms with Crippen LogP contribution < -0.4 is 11.1 Å². The maximum Gasteiger partial charge on any atom is 0.434 e. The molecule has 1 heterocycles. The lowest BCUT2D eigenvalue weighted by molar-refractivity contribution is -0.143. The maximum atomic E-state index is 13.4. The van der Waals surface area contributed by atoms with Gasteiger partial charge in [-0.15, -0.1) is 12.4 Å². The second kappa shape index (κ2) is 8.36. The van der Waals surface area contributed by atoms with Crippen LogP contribution in [-0.2, 0) is 6.18 Å². The topological polar surface area (TPSA) is 72.9 Å². The number of alkyl halides is 3. The number of nitrogens with two attached hydrogens (primary N) is 1. The van der Waals surface area contributed by atoms with Crippen LogP contribution in [0.15, 0.2) is 30.5 Å². The monoisotopic (exact) mass is 382 g/mol. The van der Waals surface area contributed by atoms with Gasteiger partial charge in [0.25, 0.3) is 5.91 Å². The molecule has 1 amide bonds. The van der Waals surface area contributed by atoms with Gasteiger partial charge < -0.3 is 11.1 Å². The minimum atomic E-state index is -4.74. The van der Waals surface area contributed by atoms with Gasteiger partial charge >= 0.3 is 6.18 Å². The third kappa shape index (κ3) is 4.62. The number of halogens is 5. The van der Waals surface area contributed by atoms with Crippen molar-refractivity contribution in [2.45, 2.75) is 12.6 Å². The lowest BCUT2D eigenvalue weighted by atomic mass is 10.2. The van der Waals surface area contributed by atoms with Gasteiger partial charge in [-0.3, -0.25) is 4.79 Å². The molecule has 1 aromatic heterocycles. The summed E-state index contributed by atoms with van der Waals surface area (Å²) in [5.41, 5.74) is 3.77. The molecule has 3 N–H and O–H groups in total. The number of hydrogen-bond acceptors (Lipinski definition) is 3. The predicted octanol–water partition coefficient (Wildman–Crippen LogP) is 3.04. The number of carbonyl (C=O) groups is 1. The van der Waals surface area contributed by atoms with Crippen molar-refractivity contribution in [3.63, 3.8) is 0 Å². The van der Waals surface area contributed by atoms with Gasteiger partial charge in [0.15, 0.2) is 5.69 Å². The summed E-state index contributed by atoms with van der Waals surface area (Å²) in [5, 5.41) is 6.48. The molecule has 132 valence electrons. The Morgan fingerprint density at radius 2 is 1.92 bits per heavy atom. The van der Waals surface area contributed by atoms with Crippen molar-refractivity contribution in [3.8, 4) is 5.69 Å². The van der Waals surface area contributed by atoms with E-state index in [4.69, 9.17) is 17.3 Å². The molecule has 0 saturated carbocycles. The van der Waals surface area contributed by atoms with E-state index in [0.29, 0.717) is 22.7 Å². The zero-order valence-electron chi connectivity index (χ0n) is 12.3. The third-order valence-corrected chi connectivity index (χ3v) is 3.27. The Labute approximate surface area is 147 Å². The molecule has 0 atom stereocenters. The SMILES string of the molecule is Cl.NCCCNC(=O)c1cnn(-c2ccc(Cl)cc2)c1C(F)(F)F. The molecule has 1 aromatic carbocycles. The van der Waals surface area contributed by atoms with Gasteiger partial charge in [0.1, 0.15) is 0 Å². The highest BCUT2D eigenvalue weighted by molar-refractivity contribution is 6.30. The Morgan fingerprint density at radius 3 is 2.46 bits per heavy atom. The molecule has 0 saturated heterocycles. The Morgan fingerprint density at radius 1 is 1.29 bits per heavy atom. The van der Waals surface area contributed by atoms with Crippen molar-refractivity contribution < 1.29 is 18.0 Å². The average Bonchev–Trinajstić information content (AvgIpc) is 2.93. The number of aromatic nitrogens is 2. The standard InChI is InChI=1S/C14H14ClF3N4O.ClH/c15-9-2-4-10(5-3-9)22-12(14(16,17)18)11(8-21-22)13(23)20-7-1-6-19;/h2-5,8H,1,6-7,19H2,(H,20,23);1H. The smallest absolute Gasteiger partial charge is 0.352 e. The van der Waals surface area contributed by atoms with Gasteiger partial charge in [-0.05, 0) is 37.2 Å². The van der Waals surface area contributed by atoms with Gasteiger partial charge in [-0.1, -0.05) is 11.6 Å². The summed E-state index contributed by atoms with van der Waals surface area (Å²) in [4.78, 5) is 12.0. The number of rotatable bonds is 5. The molecule has 0 aliphatic carbocycles. The highest BCUT2D eigenvalue weighted by atomic mass is 35.5. The van der Waals surface area contributed by atoms with Crippen LogP contribution in [0.25, 0.3) is 5.69 Å². The van der Waals surface area contributed by atoms with E-state index < -0.39 is 23.3 Å². The average molecular weight is 383 g/mol. The van der Waals surface area contributed by atoms with Gasteiger partial charge in [0.05, 0.1) is 17.4 Å². The summed E-state index contributed by atoms with van der Waals surface area (Å²) in [7, 11) is 0. The van der Waals surface area contributed by atoms with Crippen molar-refractivity contribution in [1.82, 2.24) is 15.1 Å². The fourth-order valence-corrected chi connectivity index (χ4v) is 2.09. The first kappa shape index (κ1) is 20.3. The Kier molecular flexibility index (Phi) is 7.07. The molecule has 2 rings (SSSR count). The van der Waals surface area contributed by atoms with E-state index in [1.54, 1.807) is 0 Å². The van der Waals surface area contributed by atoms with E-state index in [1.807, 2.05) is 0 Å². The van der Waals surface area contributed by atoms with Crippen LogP contribution in [-0.4, -0.2) is 28.8 Å². The van der Waals surface area contributed by atoms with E-state index in [1.165, 1.54) is 24.3 Å². The molecule has 0 unspecified atom stereocenters. The minimum absolute atomic E-state index is 0. The predicted molar refractivity (Wildman–Crippen MR) is 86.8 cm³/mol. The summed E-state index contributed by atoms with van der Waals surface area (Å²) in [5.74, 6) is -0.842. The molecule has 0 aliphatic heterocycles. The zero-order valence-corrected chi connectivity index (χ0v) is 13.9. The molecule has 0 radical (unpaired) electrons. The minimum Gasteiger partial charge on any atom is -0.352 e. The van der Waals surface area contributed by atoms with Crippen LogP contribution in [0.2, 0.25) is 5.02 Å². The number of nitrogens with zero attached hydrogens (tertiary/aromatic N) is 2. The van der Waals surface area contributed by atoms with Crippen LogP contribution in [0.3, 0.4) is 0 Å². The van der Waals surface area contributed by atoms with Crippen LogP contribution >= 0.6 is 24.0 Å². The first-order valence-electron chi connectivity index (χ1n) is 6.74. The fourth-order valence-electron chi connectivity index (χ4n) is 1.96. The van der Waals surface area contributed by atoms with Crippen LogP contribution in [0.4, 0.5) is 13.2 Å².